The van der Waals surface area contributed by atoms with Crippen molar-refractivity contribution in [1.29, 1.82) is 16.2 Å². The second-order valence-electron chi connectivity index (χ2n) is 39.4. The molecule has 0 spiro atoms. The van der Waals surface area contributed by atoms with Gasteiger partial charge in [-0.3, -0.25) is 21.0 Å². The summed E-state index contributed by atoms with van der Waals surface area (Å²) >= 11 is 0. The Balaban J connectivity index is 2.54. The second kappa shape index (κ2) is 50.9. The number of nitrogens with zero attached hydrogens (tertiary/aromatic N) is 20. The number of aliphatic imine (C=N–C) groups is 19. The molecule has 10 atom stereocenters. The van der Waals surface area contributed by atoms with Crippen LogP contribution in [-0.4, -0.2) is 388 Å². The highest BCUT2D eigenvalue weighted by Gasteiger charge is 2.44. The Labute approximate surface area is 805 Å². The highest BCUT2D eigenvalue weighted by Crippen LogP contribution is 2.30. The maximum Gasteiger partial charge on any atom is 0.250 e. The van der Waals surface area contributed by atoms with Crippen molar-refractivity contribution >= 4 is 136 Å². The molecule has 26 N–H and O–H groups in total. The van der Waals surface area contributed by atoms with Crippen molar-refractivity contribution in [2.45, 2.75) is 361 Å². The van der Waals surface area contributed by atoms with E-state index < -0.39 is 278 Å². The monoisotopic (exact) mass is 1950 g/mol. The van der Waals surface area contributed by atoms with Crippen LogP contribution in [0.2, 0.25) is 0 Å². The topological polar surface area (TPSA) is 792 Å². The number of hydrogen-bond donors (Lipinski definition) is 26. The molecule has 2 rings (SSSR count). The van der Waals surface area contributed by atoms with Gasteiger partial charge in [-0.1, -0.05) is 71.9 Å². The molecule has 1 amide bonds. The molecule has 1 aromatic rings. The number of rotatable bonds is 54. The first-order valence-electron chi connectivity index (χ1n) is 45.0. The first-order chi connectivity index (χ1) is 63.0. The maximum atomic E-state index is 14.6. The molecule has 0 bridgehead atoms. The third-order valence-corrected chi connectivity index (χ3v) is 21.2. The van der Waals surface area contributed by atoms with Crippen LogP contribution >= 0.6 is 0 Å². The average molecular weight is 1950 g/mol. The Morgan fingerprint density at radius 3 is 1.12 bits per heavy atom. The normalized spacial score (nSPS) is 18.8. The van der Waals surface area contributed by atoms with Crippen LogP contribution in [0.5, 0.6) is 0 Å². The molecule has 138 heavy (non-hydrogen) atoms. The van der Waals surface area contributed by atoms with Gasteiger partial charge in [0.25, 0.3) is 5.91 Å². The predicted molar refractivity (Wildman–Crippen MR) is 544 cm³/mol. The van der Waals surface area contributed by atoms with Crippen LogP contribution in [0.15, 0.2) is 125 Å². The van der Waals surface area contributed by atoms with Crippen LogP contribution in [0.1, 0.15) is 250 Å². The first kappa shape index (κ1) is 121. The van der Waals surface area contributed by atoms with Crippen molar-refractivity contribution in [2.24, 2.45) is 113 Å². The van der Waals surface area contributed by atoms with E-state index in [9.17, 15) is 122 Å². The SMILES string of the molecule is CC(O)=NC(C)(C)C(O)=NC(C)C(O)=NC(C)(C)C(O)=NC(C)C(O)=NC(C)(C)C(O)=NC(C)(C)C(O)=NC(CCC(=N)O)C(O)=NC(C)(C)C(O)=NC(C(O)=NC(C)(C)C(O)=NCC(O)=NC(CC(C)C)C(O)=NC(C)(C)C(=O)N1CCCC1C(O)=NC(C(O)=NC(C)(C)C(O)=NC(C)(C)C(O)=NC(CCC(=N)O)C(O)=NC(CCC(=N)O)C(O)=NC(CO)Cc1ccccc1)C(C)C)C(C)C. The number of carbonyl (C=O) groups is 1. The van der Waals surface area contributed by atoms with E-state index in [4.69, 9.17) is 16.2 Å². The van der Waals surface area contributed by atoms with Gasteiger partial charge < -0.3 is 122 Å². The van der Waals surface area contributed by atoms with E-state index in [0.29, 0.717) is 6.42 Å². The zero-order valence-electron chi connectivity index (χ0n) is 84.2. The summed E-state index contributed by atoms with van der Waals surface area (Å²) in [5, 5.41) is 277. The standard InChI is InChI=1S/C91H151N23O24/c1-46(2)42-57(70(126)109-91(26,27)82(138)114-41-31-34-58(114)71(127)103-63(47(3)4)72(128)111-90(24,25)81(137)113-87(18,19)77(133)101-55(36-39-60(93)118)68(124)100-54(35-38-59(92)117)67(123)98-53(45-115)43-52-32-29-28-30-33-52)99-62(120)44-95-74(130)83(10,11)110-73(129)64(48(5)6)104-79(135)86(16,17)108-69(125)56(37-40-61(94)119)102-78(134)88(20,21)112-80(136)89(22,23)107-66(122)50(8)97-76(132)85(14,15)106-65(121)49(7)96-75(131)84(12,13)105-51(9)116/h28-30,32-33,46-50,53-58,63-64,115H,31,34-45H2,1-27H3,(H2,92,117)(H2,93,118)(H2,94,119)(H,95,130)(H,96,131)(H,97,132)(H,98,123)(H,99,120)(H,100,124)(H,101,133)(H,102,134)(H,103,127)(H,104,135)(H,105,116)(H,106,121)(H,107,122)(H,108,125)(H,109,126)(H,110,129)(H,111,128)(H,112,136)(H,113,137). The Morgan fingerprint density at radius 1 is 0.377 bits per heavy atom. The molecule has 1 aromatic carbocycles. The van der Waals surface area contributed by atoms with E-state index in [1.807, 2.05) is 0 Å². The van der Waals surface area contributed by atoms with Gasteiger partial charge >= 0.3 is 0 Å². The molecule has 774 valence electrons. The molecule has 0 aromatic heterocycles. The van der Waals surface area contributed by atoms with E-state index in [1.165, 1.54) is 150 Å². The fraction of sp³-hybridized carbons (Fsp3) is 0.681. The number of amides is 1. The molecule has 1 aliphatic rings. The van der Waals surface area contributed by atoms with Gasteiger partial charge in [-0.15, -0.1) is 0 Å². The van der Waals surface area contributed by atoms with Crippen molar-refractivity contribution in [3.05, 3.63) is 35.9 Å². The van der Waals surface area contributed by atoms with E-state index in [-0.39, 0.29) is 63.3 Å². The van der Waals surface area contributed by atoms with Gasteiger partial charge in [-0.25, -0.2) is 94.9 Å². The average Bonchev–Trinajstić information content (AvgIpc) is 1.56. The van der Waals surface area contributed by atoms with Crippen molar-refractivity contribution in [2.75, 3.05) is 19.7 Å². The van der Waals surface area contributed by atoms with E-state index in [0.717, 1.165) is 5.56 Å². The Hall–Kier alpha value is -13.0. The minimum atomic E-state index is -1.89. The quantitative estimate of drug-likeness (QED) is 0.0213. The van der Waals surface area contributed by atoms with Crippen LogP contribution in [-0.2, 0) is 11.2 Å². The molecule has 0 aliphatic carbocycles. The molecular weight excluding hydrogens is 1800 g/mol. The lowest BCUT2D eigenvalue weighted by Gasteiger charge is -2.31. The van der Waals surface area contributed by atoms with Crippen molar-refractivity contribution in [3.63, 3.8) is 0 Å². The van der Waals surface area contributed by atoms with Gasteiger partial charge in [0.15, 0.2) is 23.6 Å². The summed E-state index contributed by atoms with van der Waals surface area (Å²) in [6.07, 6.45) is -1.44. The first-order valence-corrected chi connectivity index (χ1v) is 45.0. The summed E-state index contributed by atoms with van der Waals surface area (Å²) in [7, 11) is 0. The predicted octanol–water partition coefficient (Wildman–Crippen LogP) is 14.1. The number of benzene rings is 1. The molecule has 47 nitrogen and oxygen atoms in total. The third-order valence-electron chi connectivity index (χ3n) is 21.2. The highest BCUT2D eigenvalue weighted by molar-refractivity contribution is 6.01. The number of aliphatic hydroxyl groups is 23. The number of nitrogens with one attached hydrogen (secondary N) is 3. The lowest BCUT2D eigenvalue weighted by Crippen LogP contribution is -2.50. The summed E-state index contributed by atoms with van der Waals surface area (Å²) in [5.41, 5.74) is -15.1. The van der Waals surface area contributed by atoms with Crippen LogP contribution in [0.25, 0.3) is 0 Å². The number of carbonyl (C=O) groups excluding carboxylic acids is 1. The number of likely N-dealkylation sites (tertiary alicyclic amines) is 1. The molecule has 1 heterocycles. The minimum absolute atomic E-state index is 0.0448. The van der Waals surface area contributed by atoms with Crippen molar-refractivity contribution < 1.29 is 122 Å². The van der Waals surface area contributed by atoms with Crippen LogP contribution < -0.4 is 0 Å². The molecule has 47 heteroatoms. The fourth-order valence-electron chi connectivity index (χ4n) is 12.8. The second-order valence-corrected chi connectivity index (χ2v) is 39.4. The molecule has 0 saturated carbocycles. The molecule has 1 aliphatic heterocycles. The van der Waals surface area contributed by atoms with Gasteiger partial charge in [-0.2, -0.15) is 0 Å². The van der Waals surface area contributed by atoms with Gasteiger partial charge in [-0.05, 0) is 207 Å². The van der Waals surface area contributed by atoms with E-state index in [1.54, 1.807) is 71.9 Å². The van der Waals surface area contributed by atoms with Crippen LogP contribution in [0, 0.1) is 34.0 Å². The maximum absolute atomic E-state index is 14.6. The summed E-state index contributed by atoms with van der Waals surface area (Å²) < 4.78 is 0. The summed E-state index contributed by atoms with van der Waals surface area (Å²) in [6.45, 7) is 37.2. The third kappa shape index (κ3) is 38.5. The molecular formula is C91H151N23O24. The molecule has 0 radical (unpaired) electrons. The Bertz CT molecular complexity index is 4980. The summed E-state index contributed by atoms with van der Waals surface area (Å²) in [4.78, 5) is 95.6. The molecule has 10 unspecified atom stereocenters. The zero-order valence-corrected chi connectivity index (χ0v) is 84.2. The molecule has 1 saturated heterocycles. The van der Waals surface area contributed by atoms with Crippen molar-refractivity contribution in [1.82, 2.24) is 4.90 Å². The zero-order chi connectivity index (χ0) is 107. The van der Waals surface area contributed by atoms with Gasteiger partial charge in [0.2, 0.25) is 106 Å². The fourth-order valence-corrected chi connectivity index (χ4v) is 12.8. The van der Waals surface area contributed by atoms with Gasteiger partial charge in [0.1, 0.15) is 111 Å². The highest BCUT2D eigenvalue weighted by atomic mass is 16.3. The number of aliphatic hydroxyl groups excluding tert-OH is 23. The number of hydrogen-bond acceptors (Lipinski definition) is 24. The summed E-state index contributed by atoms with van der Waals surface area (Å²) in [5.74, 6) is -18.3. The minimum Gasteiger partial charge on any atom is -0.497 e. The Morgan fingerprint density at radius 2 is 0.717 bits per heavy atom. The van der Waals surface area contributed by atoms with E-state index >= 15 is 0 Å². The van der Waals surface area contributed by atoms with E-state index in [2.05, 4.69) is 94.9 Å². The molecule has 1 fully saturated rings. The van der Waals surface area contributed by atoms with Crippen molar-refractivity contribution in [3.8, 4) is 0 Å². The summed E-state index contributed by atoms with van der Waals surface area (Å²) in [6, 6.07) is -4.16. The largest absolute Gasteiger partial charge is 0.497 e. The van der Waals surface area contributed by atoms with Gasteiger partial charge in [0, 0.05) is 32.7 Å². The van der Waals surface area contributed by atoms with Crippen LogP contribution in [0.4, 0.5) is 0 Å². The Kier molecular flexibility index (Phi) is 44.6. The smallest absolute Gasteiger partial charge is 0.250 e. The van der Waals surface area contributed by atoms with Crippen LogP contribution in [0.3, 0.4) is 0 Å². The lowest BCUT2D eigenvalue weighted by molar-refractivity contribution is -0.135. The van der Waals surface area contributed by atoms with Gasteiger partial charge in [0.05, 0.1) is 12.6 Å². The lowest BCUT2D eigenvalue weighted by atomic mass is 10.0.